The monoisotopic (exact) mass is 307 g/mol. The maximum absolute atomic E-state index is 13.7. The molecule has 0 aliphatic carbocycles. The Labute approximate surface area is 127 Å². The molecule has 21 heavy (non-hydrogen) atoms. The van der Waals surface area contributed by atoms with E-state index in [4.69, 9.17) is 21.1 Å². The lowest BCUT2D eigenvalue weighted by molar-refractivity contribution is 0.171. The van der Waals surface area contributed by atoms with Crippen molar-refractivity contribution in [3.8, 4) is 11.5 Å². The Morgan fingerprint density at radius 3 is 2.71 bits per heavy atom. The molecule has 0 unspecified atom stereocenters. The van der Waals surface area contributed by atoms with Gasteiger partial charge in [0.2, 0.25) is 0 Å². The van der Waals surface area contributed by atoms with Crippen molar-refractivity contribution >= 4 is 11.6 Å². The first kappa shape index (κ1) is 14.2. The van der Waals surface area contributed by atoms with Gasteiger partial charge in [-0.2, -0.15) is 0 Å². The van der Waals surface area contributed by atoms with E-state index in [9.17, 15) is 4.39 Å². The number of benzene rings is 2. The number of rotatable bonds is 4. The zero-order chi connectivity index (χ0) is 14.7. The van der Waals surface area contributed by atoms with Crippen molar-refractivity contribution in [2.24, 2.45) is 0 Å². The molecule has 110 valence electrons. The lowest BCUT2D eigenvalue weighted by Crippen LogP contribution is -2.17. The first-order valence-electron chi connectivity index (χ1n) is 6.76. The summed E-state index contributed by atoms with van der Waals surface area (Å²) in [6, 6.07) is 10.8. The lowest BCUT2D eigenvalue weighted by atomic mass is 10.1. The van der Waals surface area contributed by atoms with Gasteiger partial charge in [-0.1, -0.05) is 29.8 Å². The fourth-order valence-electron chi connectivity index (χ4n) is 2.22. The second kappa shape index (κ2) is 6.33. The van der Waals surface area contributed by atoms with Crippen molar-refractivity contribution < 1.29 is 13.9 Å². The second-order valence-electron chi connectivity index (χ2n) is 4.79. The van der Waals surface area contributed by atoms with Gasteiger partial charge in [-0.15, -0.1) is 0 Å². The molecule has 2 aromatic rings. The summed E-state index contributed by atoms with van der Waals surface area (Å²) in [5.41, 5.74) is 1.61. The average Bonchev–Trinajstić information content (AvgIpc) is 2.51. The zero-order valence-corrected chi connectivity index (χ0v) is 12.1. The van der Waals surface area contributed by atoms with Crippen LogP contribution < -0.4 is 14.8 Å². The number of hydrogen-bond acceptors (Lipinski definition) is 3. The minimum atomic E-state index is -0.367. The number of halogens is 2. The van der Waals surface area contributed by atoms with Crippen LogP contribution in [0.4, 0.5) is 4.39 Å². The van der Waals surface area contributed by atoms with Crippen LogP contribution in [0.5, 0.6) is 11.5 Å². The number of ether oxygens (including phenoxy) is 2. The quantitative estimate of drug-likeness (QED) is 0.937. The Morgan fingerprint density at radius 1 is 1.05 bits per heavy atom. The molecular formula is C16H15ClFNO2. The Bertz CT molecular complexity index is 648. The first-order valence-corrected chi connectivity index (χ1v) is 7.14. The van der Waals surface area contributed by atoms with E-state index in [1.54, 1.807) is 18.2 Å². The van der Waals surface area contributed by atoms with E-state index in [1.807, 2.05) is 18.2 Å². The van der Waals surface area contributed by atoms with Gasteiger partial charge in [-0.05, 0) is 23.8 Å². The predicted molar refractivity (Wildman–Crippen MR) is 79.4 cm³/mol. The Balaban J connectivity index is 1.61. The molecule has 0 saturated heterocycles. The van der Waals surface area contributed by atoms with Gasteiger partial charge in [-0.3, -0.25) is 0 Å². The summed E-state index contributed by atoms with van der Waals surface area (Å²) in [5, 5.41) is 3.34. The smallest absolute Gasteiger partial charge is 0.161 e. The molecule has 1 aliphatic heterocycles. The molecule has 0 radical (unpaired) electrons. The minimum absolute atomic E-state index is 0.147. The summed E-state index contributed by atoms with van der Waals surface area (Å²) < 4.78 is 24.7. The van der Waals surface area contributed by atoms with E-state index in [0.717, 1.165) is 17.1 Å². The third kappa shape index (κ3) is 3.28. The van der Waals surface area contributed by atoms with Crippen molar-refractivity contribution in [2.75, 3.05) is 13.2 Å². The molecule has 0 spiro atoms. The molecule has 0 bridgehead atoms. The van der Waals surface area contributed by atoms with E-state index < -0.39 is 0 Å². The molecule has 0 atom stereocenters. The summed E-state index contributed by atoms with van der Waals surface area (Å²) in [7, 11) is 0. The summed E-state index contributed by atoms with van der Waals surface area (Å²) >= 11 is 5.76. The van der Waals surface area contributed by atoms with Gasteiger partial charge in [0.15, 0.2) is 11.5 Å². The molecule has 3 rings (SSSR count). The van der Waals surface area contributed by atoms with Crippen LogP contribution in [0.15, 0.2) is 36.4 Å². The average molecular weight is 308 g/mol. The largest absolute Gasteiger partial charge is 0.486 e. The van der Waals surface area contributed by atoms with E-state index in [2.05, 4.69) is 5.32 Å². The second-order valence-corrected chi connectivity index (χ2v) is 5.20. The van der Waals surface area contributed by atoms with Crippen LogP contribution in [0.2, 0.25) is 5.02 Å². The highest BCUT2D eigenvalue weighted by atomic mass is 35.5. The number of nitrogens with one attached hydrogen (secondary N) is 1. The molecule has 1 N–H and O–H groups in total. The van der Waals surface area contributed by atoms with E-state index in [0.29, 0.717) is 31.9 Å². The summed E-state index contributed by atoms with van der Waals surface area (Å²) in [6.07, 6.45) is 0. The van der Waals surface area contributed by atoms with Crippen molar-refractivity contribution in [1.82, 2.24) is 5.32 Å². The molecule has 2 aromatic carbocycles. The van der Waals surface area contributed by atoms with Gasteiger partial charge in [0, 0.05) is 18.7 Å². The molecule has 1 aliphatic rings. The van der Waals surface area contributed by atoms with Gasteiger partial charge in [0.25, 0.3) is 0 Å². The first-order chi connectivity index (χ1) is 10.2. The van der Waals surface area contributed by atoms with Crippen molar-refractivity contribution in [2.45, 2.75) is 13.1 Å². The van der Waals surface area contributed by atoms with Crippen LogP contribution in [0.1, 0.15) is 11.1 Å². The highest BCUT2D eigenvalue weighted by Gasteiger charge is 2.11. The molecule has 5 heteroatoms. The third-order valence-corrected chi connectivity index (χ3v) is 3.57. The maximum Gasteiger partial charge on any atom is 0.161 e. The highest BCUT2D eigenvalue weighted by Crippen LogP contribution is 2.30. The van der Waals surface area contributed by atoms with Gasteiger partial charge < -0.3 is 14.8 Å². The van der Waals surface area contributed by atoms with Crippen LogP contribution in [0.25, 0.3) is 0 Å². The Hall–Kier alpha value is -1.78. The fraction of sp³-hybridized carbons (Fsp3) is 0.250. The molecule has 0 fully saturated rings. The number of fused-ring (bicyclic) bond motifs is 1. The molecular weight excluding hydrogens is 293 g/mol. The Morgan fingerprint density at radius 2 is 1.86 bits per heavy atom. The number of hydrogen-bond donors (Lipinski definition) is 1. The molecule has 0 aromatic heterocycles. The highest BCUT2D eigenvalue weighted by molar-refractivity contribution is 6.30. The standard InChI is InChI=1S/C16H15ClFNO2/c17-13-3-1-2-12(16(13)18)10-19-9-11-4-5-14-15(8-11)21-7-6-20-14/h1-5,8,19H,6-7,9-10H2. The van der Waals surface area contributed by atoms with Gasteiger partial charge >= 0.3 is 0 Å². The molecule has 0 amide bonds. The van der Waals surface area contributed by atoms with Gasteiger partial charge in [0.05, 0.1) is 5.02 Å². The zero-order valence-electron chi connectivity index (χ0n) is 11.4. The van der Waals surface area contributed by atoms with Gasteiger partial charge in [0.1, 0.15) is 19.0 Å². The van der Waals surface area contributed by atoms with Crippen molar-refractivity contribution in [3.63, 3.8) is 0 Å². The van der Waals surface area contributed by atoms with Crippen LogP contribution in [-0.4, -0.2) is 13.2 Å². The summed E-state index contributed by atoms with van der Waals surface area (Å²) in [6.45, 7) is 2.18. The van der Waals surface area contributed by atoms with E-state index in [1.165, 1.54) is 0 Å². The van der Waals surface area contributed by atoms with E-state index in [-0.39, 0.29) is 10.8 Å². The molecule has 0 saturated carbocycles. The fourth-order valence-corrected chi connectivity index (χ4v) is 2.42. The SMILES string of the molecule is Fc1c(Cl)cccc1CNCc1ccc2c(c1)OCCO2. The normalized spacial score (nSPS) is 13.2. The molecule has 3 nitrogen and oxygen atoms in total. The van der Waals surface area contributed by atoms with Crippen LogP contribution in [0, 0.1) is 5.82 Å². The van der Waals surface area contributed by atoms with Crippen LogP contribution in [-0.2, 0) is 13.1 Å². The minimum Gasteiger partial charge on any atom is -0.486 e. The molecule has 1 heterocycles. The third-order valence-electron chi connectivity index (χ3n) is 3.28. The topological polar surface area (TPSA) is 30.5 Å². The lowest BCUT2D eigenvalue weighted by Gasteiger charge is -2.19. The van der Waals surface area contributed by atoms with E-state index >= 15 is 0 Å². The van der Waals surface area contributed by atoms with Gasteiger partial charge in [-0.25, -0.2) is 4.39 Å². The van der Waals surface area contributed by atoms with Crippen molar-refractivity contribution in [1.29, 1.82) is 0 Å². The predicted octanol–water partition coefficient (Wildman–Crippen LogP) is 3.54. The summed E-state index contributed by atoms with van der Waals surface area (Å²) in [4.78, 5) is 0. The van der Waals surface area contributed by atoms with Crippen LogP contribution in [0.3, 0.4) is 0 Å². The van der Waals surface area contributed by atoms with Crippen LogP contribution >= 0.6 is 11.6 Å². The summed E-state index contributed by atoms with van der Waals surface area (Å²) in [5.74, 6) is 1.16. The maximum atomic E-state index is 13.7. The Kier molecular flexibility index (Phi) is 4.27. The van der Waals surface area contributed by atoms with Crippen molar-refractivity contribution in [3.05, 3.63) is 58.4 Å².